The summed E-state index contributed by atoms with van der Waals surface area (Å²) >= 11 is 0. The summed E-state index contributed by atoms with van der Waals surface area (Å²) in [4.78, 5) is 2.35. The van der Waals surface area contributed by atoms with Crippen molar-refractivity contribution in [3.63, 3.8) is 0 Å². The Labute approximate surface area is 170 Å². The Morgan fingerprint density at radius 2 is 0.897 bits per heavy atom. The van der Waals surface area contributed by atoms with E-state index in [2.05, 4.69) is 120 Å². The van der Waals surface area contributed by atoms with Gasteiger partial charge in [0.15, 0.2) is 0 Å². The molecule has 0 aromatic heterocycles. The van der Waals surface area contributed by atoms with Gasteiger partial charge in [0.05, 0.1) is 5.69 Å². The molecular formula is C28H19N. The number of anilines is 3. The first-order valence-electron chi connectivity index (χ1n) is 9.97. The summed E-state index contributed by atoms with van der Waals surface area (Å²) in [6.45, 7) is 0. The second kappa shape index (κ2) is 6.35. The van der Waals surface area contributed by atoms with Crippen LogP contribution in [0.25, 0.3) is 33.0 Å². The Bertz CT molecular complexity index is 1270. The van der Waals surface area contributed by atoms with Crippen molar-refractivity contribution in [3.8, 4) is 22.3 Å². The van der Waals surface area contributed by atoms with Crippen LogP contribution in [-0.4, -0.2) is 0 Å². The standard InChI is InChI=1S/C28H19N/c1-3-10-20(11-4-1)29(21-12-5-2-6-13-21)27-19-18-25-23-15-8-7-14-22(23)24-16-9-17-26(27)28(24)25/h1-19H. The van der Waals surface area contributed by atoms with Crippen LogP contribution in [-0.2, 0) is 0 Å². The number of rotatable bonds is 3. The Balaban J connectivity index is 1.67. The van der Waals surface area contributed by atoms with Gasteiger partial charge in [-0.3, -0.25) is 0 Å². The second-order valence-electron chi connectivity index (χ2n) is 7.41. The van der Waals surface area contributed by atoms with E-state index in [9.17, 15) is 0 Å². The fraction of sp³-hybridized carbons (Fsp3) is 0. The zero-order valence-electron chi connectivity index (χ0n) is 15.9. The SMILES string of the molecule is c1ccc(N(c2ccccc2)c2ccc3c4c(cccc24)-c2ccccc2-3)cc1. The Morgan fingerprint density at radius 1 is 0.379 bits per heavy atom. The highest BCUT2D eigenvalue weighted by Gasteiger charge is 2.24. The molecule has 0 saturated heterocycles. The predicted octanol–water partition coefficient (Wildman–Crippen LogP) is 7.96. The monoisotopic (exact) mass is 369 g/mol. The van der Waals surface area contributed by atoms with Gasteiger partial charge in [-0.05, 0) is 58.0 Å². The lowest BCUT2D eigenvalue weighted by Crippen LogP contribution is -2.10. The topological polar surface area (TPSA) is 3.24 Å². The number of fused-ring (bicyclic) bond motifs is 3. The average molecular weight is 369 g/mol. The molecule has 0 bridgehead atoms. The normalized spacial score (nSPS) is 11.4. The van der Waals surface area contributed by atoms with E-state index in [4.69, 9.17) is 0 Å². The van der Waals surface area contributed by atoms with Crippen molar-refractivity contribution in [2.24, 2.45) is 0 Å². The zero-order chi connectivity index (χ0) is 19.2. The van der Waals surface area contributed by atoms with Gasteiger partial charge in [-0.2, -0.15) is 0 Å². The molecule has 5 aromatic carbocycles. The van der Waals surface area contributed by atoms with Crippen LogP contribution in [0.4, 0.5) is 17.1 Å². The van der Waals surface area contributed by atoms with Crippen LogP contribution in [0, 0.1) is 0 Å². The van der Waals surface area contributed by atoms with Crippen molar-refractivity contribution >= 4 is 27.8 Å². The number of benzene rings is 5. The van der Waals surface area contributed by atoms with Gasteiger partial charge in [-0.25, -0.2) is 0 Å². The maximum absolute atomic E-state index is 2.35. The van der Waals surface area contributed by atoms with E-state index in [1.165, 1.54) is 38.7 Å². The highest BCUT2D eigenvalue weighted by Crippen LogP contribution is 2.50. The summed E-state index contributed by atoms with van der Waals surface area (Å²) < 4.78 is 0. The highest BCUT2D eigenvalue weighted by molar-refractivity contribution is 6.19. The van der Waals surface area contributed by atoms with Gasteiger partial charge in [-0.1, -0.05) is 84.9 Å². The molecule has 0 unspecified atom stereocenters. The van der Waals surface area contributed by atoms with E-state index in [-0.39, 0.29) is 0 Å². The molecule has 0 spiro atoms. The molecule has 1 aliphatic rings. The van der Waals surface area contributed by atoms with Gasteiger partial charge in [0.1, 0.15) is 0 Å². The first-order chi connectivity index (χ1) is 14.4. The molecule has 136 valence electrons. The Hall–Kier alpha value is -3.84. The van der Waals surface area contributed by atoms with Crippen molar-refractivity contribution in [1.29, 1.82) is 0 Å². The van der Waals surface area contributed by atoms with E-state index in [1.54, 1.807) is 0 Å². The van der Waals surface area contributed by atoms with Crippen LogP contribution in [0.1, 0.15) is 0 Å². The zero-order valence-corrected chi connectivity index (χ0v) is 15.9. The van der Waals surface area contributed by atoms with Crippen LogP contribution in [0.5, 0.6) is 0 Å². The third kappa shape index (κ3) is 2.41. The molecule has 0 saturated carbocycles. The first kappa shape index (κ1) is 16.1. The van der Waals surface area contributed by atoms with E-state index in [0.717, 1.165) is 11.4 Å². The molecule has 0 radical (unpaired) electrons. The van der Waals surface area contributed by atoms with Gasteiger partial charge in [0.25, 0.3) is 0 Å². The molecule has 0 aliphatic heterocycles. The second-order valence-corrected chi connectivity index (χ2v) is 7.41. The highest BCUT2D eigenvalue weighted by atomic mass is 15.1. The molecule has 0 atom stereocenters. The van der Waals surface area contributed by atoms with Gasteiger partial charge in [0.2, 0.25) is 0 Å². The summed E-state index contributed by atoms with van der Waals surface area (Å²) in [6.07, 6.45) is 0. The van der Waals surface area contributed by atoms with Crippen LogP contribution in [0.3, 0.4) is 0 Å². The molecule has 0 N–H and O–H groups in total. The average Bonchev–Trinajstić information content (AvgIpc) is 3.13. The minimum atomic E-state index is 1.16. The summed E-state index contributed by atoms with van der Waals surface area (Å²) in [5.74, 6) is 0. The van der Waals surface area contributed by atoms with Crippen LogP contribution in [0.15, 0.2) is 115 Å². The van der Waals surface area contributed by atoms with Crippen molar-refractivity contribution in [2.75, 3.05) is 4.90 Å². The number of hydrogen-bond donors (Lipinski definition) is 0. The van der Waals surface area contributed by atoms with Crippen LogP contribution in [0.2, 0.25) is 0 Å². The predicted molar refractivity (Wildman–Crippen MR) is 123 cm³/mol. The van der Waals surface area contributed by atoms with Crippen LogP contribution >= 0.6 is 0 Å². The molecule has 1 heteroatoms. The largest absolute Gasteiger partial charge is 0.310 e. The van der Waals surface area contributed by atoms with Crippen molar-refractivity contribution in [1.82, 2.24) is 0 Å². The lowest BCUT2D eigenvalue weighted by atomic mass is 10.0. The fourth-order valence-corrected chi connectivity index (χ4v) is 4.57. The smallest absolute Gasteiger partial charge is 0.0540 e. The molecule has 29 heavy (non-hydrogen) atoms. The Morgan fingerprint density at radius 3 is 1.52 bits per heavy atom. The van der Waals surface area contributed by atoms with Gasteiger partial charge < -0.3 is 4.90 Å². The minimum absolute atomic E-state index is 1.16. The molecule has 0 fully saturated rings. The molecule has 6 rings (SSSR count). The fourth-order valence-electron chi connectivity index (χ4n) is 4.57. The maximum atomic E-state index is 2.35. The van der Waals surface area contributed by atoms with Crippen LogP contribution < -0.4 is 4.90 Å². The molecule has 1 nitrogen and oxygen atoms in total. The molecule has 0 heterocycles. The van der Waals surface area contributed by atoms with Crippen molar-refractivity contribution in [3.05, 3.63) is 115 Å². The number of hydrogen-bond acceptors (Lipinski definition) is 1. The summed E-state index contributed by atoms with van der Waals surface area (Å²) in [6, 6.07) is 41.2. The minimum Gasteiger partial charge on any atom is -0.310 e. The third-order valence-corrected chi connectivity index (χ3v) is 5.79. The lowest BCUT2D eigenvalue weighted by Gasteiger charge is -2.27. The third-order valence-electron chi connectivity index (χ3n) is 5.79. The van der Waals surface area contributed by atoms with Gasteiger partial charge in [0, 0.05) is 16.8 Å². The van der Waals surface area contributed by atoms with E-state index in [0.29, 0.717) is 0 Å². The van der Waals surface area contributed by atoms with Crippen molar-refractivity contribution < 1.29 is 0 Å². The molecule has 1 aliphatic carbocycles. The van der Waals surface area contributed by atoms with Gasteiger partial charge in [-0.15, -0.1) is 0 Å². The van der Waals surface area contributed by atoms with E-state index >= 15 is 0 Å². The lowest BCUT2D eigenvalue weighted by molar-refractivity contribution is 1.30. The number of para-hydroxylation sites is 2. The Kier molecular flexibility index (Phi) is 3.54. The van der Waals surface area contributed by atoms with E-state index < -0.39 is 0 Å². The maximum Gasteiger partial charge on any atom is 0.0540 e. The first-order valence-corrected chi connectivity index (χ1v) is 9.97. The molecule has 5 aromatic rings. The summed E-state index contributed by atoms with van der Waals surface area (Å²) in [5.41, 5.74) is 8.85. The molecule has 0 amide bonds. The van der Waals surface area contributed by atoms with Crippen molar-refractivity contribution in [2.45, 2.75) is 0 Å². The van der Waals surface area contributed by atoms with Gasteiger partial charge >= 0.3 is 0 Å². The molecular weight excluding hydrogens is 350 g/mol. The summed E-state index contributed by atoms with van der Waals surface area (Å²) in [5, 5.41) is 2.63. The van der Waals surface area contributed by atoms with E-state index in [1.807, 2.05) is 0 Å². The quantitative estimate of drug-likeness (QED) is 0.306. The number of nitrogens with zero attached hydrogens (tertiary/aromatic N) is 1. The summed E-state index contributed by atoms with van der Waals surface area (Å²) in [7, 11) is 0.